The summed E-state index contributed by atoms with van der Waals surface area (Å²) < 4.78 is 13.9. The maximum Gasteiger partial charge on any atom is 0.240 e. The van der Waals surface area contributed by atoms with Crippen LogP contribution in [0.4, 0.5) is 21.5 Å². The highest BCUT2D eigenvalue weighted by Gasteiger charge is 2.36. The highest BCUT2D eigenvalue weighted by molar-refractivity contribution is 6.09. The van der Waals surface area contributed by atoms with Gasteiger partial charge in [-0.1, -0.05) is 24.3 Å². The molecule has 7 nitrogen and oxygen atoms in total. The molecule has 3 aromatic carbocycles. The maximum atomic E-state index is 13.9. The summed E-state index contributed by atoms with van der Waals surface area (Å²) in [5, 5.41) is 6.00. The number of halogens is 1. The van der Waals surface area contributed by atoms with Crippen molar-refractivity contribution in [1.82, 2.24) is 9.62 Å². The minimum atomic E-state index is -0.299. The fourth-order valence-corrected chi connectivity index (χ4v) is 6.61. The van der Waals surface area contributed by atoms with Crippen LogP contribution in [0, 0.1) is 5.82 Å². The molecule has 3 saturated heterocycles. The van der Waals surface area contributed by atoms with Crippen LogP contribution in [0.2, 0.25) is 0 Å². The van der Waals surface area contributed by atoms with Crippen molar-refractivity contribution in [3.05, 3.63) is 89.7 Å². The normalized spacial score (nSPS) is 24.6. The molecular weight excluding hydrogens is 527 g/mol. The molecule has 0 saturated carbocycles. The molecule has 3 aliphatic rings. The molecule has 0 bridgehead atoms. The summed E-state index contributed by atoms with van der Waals surface area (Å²) in [7, 11) is 11.9. The van der Waals surface area contributed by atoms with Crippen molar-refractivity contribution in [2.75, 3.05) is 28.6 Å². The number of benzene rings is 3. The second kappa shape index (κ2) is 12.3. The Kier molecular flexibility index (Phi) is 8.36. The average Bonchev–Trinajstić information content (AvgIpc) is 3.74. The van der Waals surface area contributed by atoms with E-state index in [1.54, 1.807) is 9.62 Å². The number of hydrogen-bond donors (Lipinski definition) is 2. The van der Waals surface area contributed by atoms with E-state index in [9.17, 15) is 14.0 Å². The smallest absolute Gasteiger partial charge is 0.240 e. The largest absolute Gasteiger partial charge is 0.357 e. The lowest BCUT2D eigenvalue weighted by Gasteiger charge is -2.33. The molecule has 2 unspecified atom stereocenters. The minimum Gasteiger partial charge on any atom is -0.357 e. The minimum absolute atomic E-state index is 0.0665. The van der Waals surface area contributed by atoms with Crippen molar-refractivity contribution in [2.45, 2.75) is 62.7 Å². The number of amides is 2. The number of rotatable bonds is 7. The number of nitrogens with one attached hydrogen (secondary N) is 2. The van der Waals surface area contributed by atoms with E-state index in [-0.39, 0.29) is 41.8 Å². The second-order valence-electron chi connectivity index (χ2n) is 11.5. The van der Waals surface area contributed by atoms with Gasteiger partial charge < -0.3 is 25.2 Å². The average molecular weight is 561 g/mol. The van der Waals surface area contributed by atoms with Crippen molar-refractivity contribution in [3.63, 3.8) is 0 Å². The Morgan fingerprint density at radius 2 is 1.07 bits per heavy atom. The molecular formula is C32H34B2FN5O2. The molecule has 6 rings (SSSR count). The summed E-state index contributed by atoms with van der Waals surface area (Å²) in [5.41, 5.74) is 4.65. The Balaban J connectivity index is 1.19. The van der Waals surface area contributed by atoms with Crippen LogP contribution in [0.1, 0.15) is 61.7 Å². The van der Waals surface area contributed by atoms with Gasteiger partial charge in [-0.3, -0.25) is 9.59 Å². The quantitative estimate of drug-likeness (QED) is 0.403. The zero-order chi connectivity index (χ0) is 29.2. The lowest BCUT2D eigenvalue weighted by atomic mass is 10.0. The zero-order valence-electron chi connectivity index (χ0n) is 23.6. The van der Waals surface area contributed by atoms with E-state index in [0.29, 0.717) is 0 Å². The van der Waals surface area contributed by atoms with Crippen LogP contribution in [0.5, 0.6) is 0 Å². The summed E-state index contributed by atoms with van der Waals surface area (Å²) in [6, 6.07) is 22.1. The van der Waals surface area contributed by atoms with Gasteiger partial charge in [-0.05, 0) is 111 Å². The summed E-state index contributed by atoms with van der Waals surface area (Å²) >= 11 is 0. The third kappa shape index (κ3) is 5.96. The summed E-state index contributed by atoms with van der Waals surface area (Å²) in [4.78, 5) is 30.9. The van der Waals surface area contributed by atoms with E-state index >= 15 is 0 Å². The molecule has 3 aliphatic heterocycles. The molecule has 42 heavy (non-hydrogen) atoms. The predicted octanol–water partition coefficient (Wildman–Crippen LogP) is 4.88. The van der Waals surface area contributed by atoms with Crippen LogP contribution in [-0.2, 0) is 9.59 Å². The van der Waals surface area contributed by atoms with Gasteiger partial charge in [0.25, 0.3) is 0 Å². The molecule has 2 N–H and O–H groups in total. The molecule has 0 spiro atoms. The molecule has 212 valence electrons. The van der Waals surface area contributed by atoms with E-state index in [2.05, 4.69) is 39.8 Å². The first-order chi connectivity index (χ1) is 20.4. The standard InChI is InChI=1S/C32H34B2FN5O2/c33-38-19-1-3-29(38)31(41)36-24-11-5-21(6-12-24)27-17-18-28(40(27)26-15-9-23(35)10-16-26)22-7-13-25(14-8-22)37-32(42)30-4-2-20-39(30)34/h5-16,27-30H,1-4,17-20H2,(H,36,41)(H,37,42)/t27?,28?,29-,30-/m0/s1. The lowest BCUT2D eigenvalue weighted by Crippen LogP contribution is -2.37. The number of hydrogen-bond acceptors (Lipinski definition) is 5. The van der Waals surface area contributed by atoms with E-state index in [1.165, 1.54) is 12.1 Å². The molecule has 2 amide bonds. The number of carbonyl (C=O) groups is 2. The molecule has 3 aromatic rings. The number of carbonyl (C=O) groups excluding carboxylic acids is 2. The van der Waals surface area contributed by atoms with E-state index in [0.717, 1.165) is 79.8 Å². The van der Waals surface area contributed by atoms with Gasteiger partial charge in [0.1, 0.15) is 5.82 Å². The fraction of sp³-hybridized carbons (Fsp3) is 0.375. The molecule has 10 heteroatoms. The highest BCUT2D eigenvalue weighted by atomic mass is 19.1. The Morgan fingerprint density at radius 3 is 1.45 bits per heavy atom. The summed E-state index contributed by atoms with van der Waals surface area (Å²) in [6.07, 6.45) is 5.17. The second-order valence-corrected chi connectivity index (χ2v) is 11.5. The first-order valence-electron chi connectivity index (χ1n) is 14.8. The Morgan fingerprint density at radius 1 is 0.643 bits per heavy atom. The number of anilines is 3. The van der Waals surface area contributed by atoms with Crippen LogP contribution in [0.15, 0.2) is 72.8 Å². The van der Waals surface area contributed by atoms with Gasteiger partial charge in [0.05, 0.1) is 24.2 Å². The molecule has 4 atom stereocenters. The molecule has 0 aromatic heterocycles. The Labute approximate surface area is 249 Å². The molecule has 3 fully saturated rings. The summed E-state index contributed by atoms with van der Waals surface area (Å²) in [6.45, 7) is 1.45. The van der Waals surface area contributed by atoms with Crippen LogP contribution in [0.25, 0.3) is 0 Å². The van der Waals surface area contributed by atoms with Gasteiger partial charge >= 0.3 is 0 Å². The predicted molar refractivity (Wildman–Crippen MR) is 165 cm³/mol. The summed E-state index contributed by atoms with van der Waals surface area (Å²) in [5.74, 6) is -0.442. The molecule has 4 radical (unpaired) electrons. The van der Waals surface area contributed by atoms with Crippen molar-refractivity contribution >= 4 is 44.8 Å². The van der Waals surface area contributed by atoms with E-state index in [1.807, 2.05) is 36.4 Å². The monoisotopic (exact) mass is 561 g/mol. The van der Waals surface area contributed by atoms with Gasteiger partial charge in [-0.25, -0.2) is 4.39 Å². The Bertz CT molecular complexity index is 1320. The van der Waals surface area contributed by atoms with Crippen LogP contribution >= 0.6 is 0 Å². The van der Waals surface area contributed by atoms with Gasteiger partial charge in [0, 0.05) is 17.1 Å². The van der Waals surface area contributed by atoms with Crippen LogP contribution < -0.4 is 15.5 Å². The van der Waals surface area contributed by atoms with Crippen LogP contribution in [0.3, 0.4) is 0 Å². The van der Waals surface area contributed by atoms with E-state index in [4.69, 9.17) is 16.0 Å². The van der Waals surface area contributed by atoms with Gasteiger partial charge in [-0.2, -0.15) is 0 Å². The first kappa shape index (κ1) is 28.5. The van der Waals surface area contributed by atoms with Crippen molar-refractivity contribution in [1.29, 1.82) is 0 Å². The van der Waals surface area contributed by atoms with Crippen LogP contribution in [-0.4, -0.2) is 62.6 Å². The van der Waals surface area contributed by atoms with Crippen molar-refractivity contribution in [3.8, 4) is 0 Å². The van der Waals surface area contributed by atoms with E-state index < -0.39 is 0 Å². The number of nitrogens with zero attached hydrogens (tertiary/aromatic N) is 3. The topological polar surface area (TPSA) is 67.9 Å². The molecule has 3 heterocycles. The third-order valence-electron chi connectivity index (χ3n) is 8.83. The maximum absolute atomic E-state index is 13.9. The van der Waals surface area contributed by atoms with Crippen molar-refractivity contribution in [2.24, 2.45) is 0 Å². The molecule has 0 aliphatic carbocycles. The highest BCUT2D eigenvalue weighted by Crippen LogP contribution is 2.47. The third-order valence-corrected chi connectivity index (χ3v) is 8.83. The van der Waals surface area contributed by atoms with Crippen molar-refractivity contribution < 1.29 is 14.0 Å². The van der Waals surface area contributed by atoms with Gasteiger partial charge in [0.15, 0.2) is 16.0 Å². The van der Waals surface area contributed by atoms with Gasteiger partial charge in [-0.15, -0.1) is 0 Å². The van der Waals surface area contributed by atoms with Gasteiger partial charge in [0.2, 0.25) is 11.8 Å². The Hall–Kier alpha value is -3.62. The zero-order valence-corrected chi connectivity index (χ0v) is 23.6. The first-order valence-corrected chi connectivity index (χ1v) is 14.8. The SMILES string of the molecule is [B]N1CCC[C@H]1C(=O)Nc1ccc(C2CCC(c3ccc(NC(=O)[C@@H]4CCCN4[B])cc3)N2c2ccc(F)cc2)cc1. The lowest BCUT2D eigenvalue weighted by molar-refractivity contribution is -0.119. The fourth-order valence-electron chi connectivity index (χ4n) is 6.61.